The minimum Gasteiger partial charge on any atom is -0.480 e. The molecule has 0 aromatic rings. The second-order valence-electron chi connectivity index (χ2n) is 3.27. The Balaban J connectivity index is 2.58. The second kappa shape index (κ2) is 4.24. The number of rotatable bonds is 6. The molecule has 1 aliphatic rings. The van der Waals surface area contributed by atoms with Crippen LogP contribution in [0.1, 0.15) is 19.3 Å². The van der Waals surface area contributed by atoms with E-state index in [4.69, 9.17) is 10.2 Å². The molecule has 0 unspecified atom stereocenters. The first-order valence-electron chi connectivity index (χ1n) is 4.32. The van der Waals surface area contributed by atoms with E-state index in [-0.39, 0.29) is 13.0 Å². The average molecular weight is 223 g/mol. The summed E-state index contributed by atoms with van der Waals surface area (Å²) in [6.45, 7) is -0.357. The van der Waals surface area contributed by atoms with E-state index in [2.05, 4.69) is 4.72 Å². The highest BCUT2D eigenvalue weighted by molar-refractivity contribution is 7.90. The number of carboxylic acids is 1. The van der Waals surface area contributed by atoms with Gasteiger partial charge in [-0.15, -0.1) is 0 Å². The molecule has 1 rings (SSSR count). The summed E-state index contributed by atoms with van der Waals surface area (Å²) in [5.74, 6) is -1.26. The monoisotopic (exact) mass is 223 g/mol. The normalized spacial score (nSPS) is 19.2. The van der Waals surface area contributed by atoms with Gasteiger partial charge in [0.1, 0.15) is 6.04 Å². The fourth-order valence-electron chi connectivity index (χ4n) is 1.03. The quantitative estimate of drug-likeness (QED) is 0.530. The van der Waals surface area contributed by atoms with Gasteiger partial charge in [0.05, 0.1) is 5.25 Å². The minimum atomic E-state index is -3.50. The third kappa shape index (κ3) is 2.93. The zero-order valence-corrected chi connectivity index (χ0v) is 8.33. The van der Waals surface area contributed by atoms with Crippen LogP contribution in [-0.4, -0.2) is 42.5 Å². The number of nitrogens with one attached hydrogen (secondary N) is 1. The van der Waals surface area contributed by atoms with E-state index in [1.165, 1.54) is 0 Å². The van der Waals surface area contributed by atoms with Crippen molar-refractivity contribution in [3.63, 3.8) is 0 Å². The molecule has 0 aromatic heterocycles. The maximum Gasteiger partial charge on any atom is 0.321 e. The van der Waals surface area contributed by atoms with E-state index < -0.39 is 27.3 Å². The van der Waals surface area contributed by atoms with Gasteiger partial charge in [0.25, 0.3) is 0 Å². The van der Waals surface area contributed by atoms with Gasteiger partial charge in [-0.3, -0.25) is 4.79 Å². The van der Waals surface area contributed by atoms with Crippen LogP contribution in [0, 0.1) is 0 Å². The smallest absolute Gasteiger partial charge is 0.321 e. The zero-order valence-electron chi connectivity index (χ0n) is 7.51. The van der Waals surface area contributed by atoms with Crippen LogP contribution in [0.25, 0.3) is 0 Å². The number of aliphatic carboxylic acids is 1. The number of carboxylic acid groups (broad SMARTS) is 1. The first kappa shape index (κ1) is 11.4. The van der Waals surface area contributed by atoms with Gasteiger partial charge in [-0.1, -0.05) is 0 Å². The molecule has 1 aliphatic carbocycles. The predicted molar refractivity (Wildman–Crippen MR) is 48.2 cm³/mol. The highest BCUT2D eigenvalue weighted by Gasteiger charge is 2.38. The molecule has 82 valence electrons. The molecule has 0 saturated heterocycles. The molecule has 0 heterocycles. The number of hydrogen-bond donors (Lipinski definition) is 3. The lowest BCUT2D eigenvalue weighted by Gasteiger charge is -2.12. The molecule has 1 saturated carbocycles. The van der Waals surface area contributed by atoms with Gasteiger partial charge in [0.15, 0.2) is 0 Å². The Hall–Kier alpha value is -0.660. The van der Waals surface area contributed by atoms with Crippen molar-refractivity contribution in [1.82, 2.24) is 4.72 Å². The van der Waals surface area contributed by atoms with E-state index in [1.807, 2.05) is 0 Å². The van der Waals surface area contributed by atoms with Crippen molar-refractivity contribution in [3.05, 3.63) is 0 Å². The van der Waals surface area contributed by atoms with Gasteiger partial charge in [-0.25, -0.2) is 13.1 Å². The van der Waals surface area contributed by atoms with Crippen molar-refractivity contribution < 1.29 is 23.4 Å². The van der Waals surface area contributed by atoms with Crippen LogP contribution >= 0.6 is 0 Å². The fraction of sp³-hybridized carbons (Fsp3) is 0.857. The van der Waals surface area contributed by atoms with Crippen molar-refractivity contribution in [3.8, 4) is 0 Å². The van der Waals surface area contributed by atoms with E-state index in [1.54, 1.807) is 0 Å². The van der Waals surface area contributed by atoms with E-state index >= 15 is 0 Å². The van der Waals surface area contributed by atoms with E-state index in [9.17, 15) is 13.2 Å². The van der Waals surface area contributed by atoms with Crippen LogP contribution in [0.3, 0.4) is 0 Å². The first-order valence-corrected chi connectivity index (χ1v) is 5.87. The third-order valence-electron chi connectivity index (χ3n) is 1.99. The van der Waals surface area contributed by atoms with Crippen LogP contribution in [0.15, 0.2) is 0 Å². The van der Waals surface area contributed by atoms with Crippen molar-refractivity contribution in [1.29, 1.82) is 0 Å². The molecule has 6 nitrogen and oxygen atoms in total. The van der Waals surface area contributed by atoms with Gasteiger partial charge in [-0.2, -0.15) is 0 Å². The minimum absolute atomic E-state index is 0.110. The standard InChI is InChI=1S/C7H13NO5S/c9-4-3-6(7(10)11)8-14(12,13)5-1-2-5/h5-6,8-9H,1-4H2,(H,10,11)/t6-/m1/s1. The van der Waals surface area contributed by atoms with Gasteiger partial charge in [0.2, 0.25) is 10.0 Å². The van der Waals surface area contributed by atoms with Crippen molar-refractivity contribution in [2.24, 2.45) is 0 Å². The summed E-state index contributed by atoms with van der Waals surface area (Å²) in [7, 11) is -3.50. The van der Waals surface area contributed by atoms with Crippen LogP contribution in [0.5, 0.6) is 0 Å². The Kier molecular flexibility index (Phi) is 3.46. The molecule has 1 atom stereocenters. The molecular formula is C7H13NO5S. The lowest BCUT2D eigenvalue weighted by molar-refractivity contribution is -0.139. The van der Waals surface area contributed by atoms with Gasteiger partial charge >= 0.3 is 5.97 Å². The van der Waals surface area contributed by atoms with Crippen molar-refractivity contribution >= 4 is 16.0 Å². The maximum absolute atomic E-state index is 11.3. The first-order chi connectivity index (χ1) is 6.47. The van der Waals surface area contributed by atoms with Crippen molar-refractivity contribution in [2.45, 2.75) is 30.6 Å². The number of hydrogen-bond acceptors (Lipinski definition) is 4. The molecule has 0 radical (unpaired) electrons. The average Bonchev–Trinajstić information content (AvgIpc) is 2.84. The molecular weight excluding hydrogens is 210 g/mol. The number of aliphatic hydroxyl groups excluding tert-OH is 1. The summed E-state index contributed by atoms with van der Waals surface area (Å²) >= 11 is 0. The van der Waals surface area contributed by atoms with Gasteiger partial charge in [0, 0.05) is 6.61 Å². The highest BCUT2D eigenvalue weighted by Crippen LogP contribution is 2.27. The summed E-state index contributed by atoms with van der Waals surface area (Å²) in [6.07, 6.45) is 1.06. The highest BCUT2D eigenvalue weighted by atomic mass is 32.2. The predicted octanol–water partition coefficient (Wildman–Crippen LogP) is -1.10. The molecule has 3 N–H and O–H groups in total. The van der Waals surface area contributed by atoms with Gasteiger partial charge in [-0.05, 0) is 19.3 Å². The molecule has 0 spiro atoms. The maximum atomic E-state index is 11.3. The second-order valence-corrected chi connectivity index (χ2v) is 5.26. The Morgan fingerprint density at radius 3 is 2.43 bits per heavy atom. The number of sulfonamides is 1. The van der Waals surface area contributed by atoms with E-state index in [0.717, 1.165) is 0 Å². The lowest BCUT2D eigenvalue weighted by Crippen LogP contribution is -2.42. The van der Waals surface area contributed by atoms with Crippen molar-refractivity contribution in [2.75, 3.05) is 6.61 Å². The Morgan fingerprint density at radius 2 is 2.07 bits per heavy atom. The molecule has 0 bridgehead atoms. The Morgan fingerprint density at radius 1 is 1.50 bits per heavy atom. The van der Waals surface area contributed by atoms with Crippen LogP contribution in [-0.2, 0) is 14.8 Å². The number of aliphatic hydroxyl groups is 1. The molecule has 0 aliphatic heterocycles. The Bertz CT molecular complexity index is 308. The molecule has 0 aromatic carbocycles. The topological polar surface area (TPSA) is 104 Å². The van der Waals surface area contributed by atoms with Gasteiger partial charge < -0.3 is 10.2 Å². The summed E-state index contributed by atoms with van der Waals surface area (Å²) in [5, 5.41) is 16.7. The lowest BCUT2D eigenvalue weighted by atomic mass is 10.2. The number of carbonyl (C=O) groups is 1. The van der Waals surface area contributed by atoms with E-state index in [0.29, 0.717) is 12.8 Å². The van der Waals surface area contributed by atoms with Crippen LogP contribution < -0.4 is 4.72 Å². The molecule has 7 heteroatoms. The Labute approximate surface area is 82.0 Å². The SMILES string of the molecule is O=C(O)[C@@H](CCO)NS(=O)(=O)C1CC1. The summed E-state index contributed by atoms with van der Waals surface area (Å²) < 4.78 is 24.7. The molecule has 0 amide bonds. The summed E-state index contributed by atoms with van der Waals surface area (Å²) in [5.41, 5.74) is 0. The molecule has 14 heavy (non-hydrogen) atoms. The summed E-state index contributed by atoms with van der Waals surface area (Å²) in [6, 6.07) is -1.22. The summed E-state index contributed by atoms with van der Waals surface area (Å²) in [4.78, 5) is 10.6. The fourth-order valence-corrected chi connectivity index (χ4v) is 2.60. The zero-order chi connectivity index (χ0) is 10.8. The van der Waals surface area contributed by atoms with Crippen LogP contribution in [0.2, 0.25) is 0 Å². The third-order valence-corrected chi connectivity index (χ3v) is 3.95. The van der Waals surface area contributed by atoms with Crippen LogP contribution in [0.4, 0.5) is 0 Å². The largest absolute Gasteiger partial charge is 0.480 e. The molecule has 1 fully saturated rings.